The van der Waals surface area contributed by atoms with Crippen molar-refractivity contribution in [2.24, 2.45) is 0 Å². The van der Waals surface area contributed by atoms with E-state index in [9.17, 15) is 14.4 Å². The molecule has 0 atom stereocenters. The highest BCUT2D eigenvalue weighted by Crippen LogP contribution is 2.31. The number of thiophene rings is 1. The molecule has 0 unspecified atom stereocenters. The molecule has 10 heteroatoms. The summed E-state index contributed by atoms with van der Waals surface area (Å²) in [6.45, 7) is 0. The van der Waals surface area contributed by atoms with Crippen molar-refractivity contribution in [2.45, 2.75) is 10.2 Å². The second-order valence-electron chi connectivity index (χ2n) is 5.03. The number of carbonyl (C=O) groups is 3. The van der Waals surface area contributed by atoms with Gasteiger partial charge in [-0.3, -0.25) is 15.4 Å². The monoisotopic (exact) mass is 434 g/mol. The van der Waals surface area contributed by atoms with Crippen LogP contribution in [0.15, 0.2) is 35.7 Å². The average molecular weight is 436 g/mol. The molecule has 0 spiro atoms. The lowest BCUT2D eigenvalue weighted by Crippen LogP contribution is -2.41. The fourth-order valence-corrected chi connectivity index (χ4v) is 3.15. The second kappa shape index (κ2) is 8.73. The number of anilines is 1. The average Bonchev–Trinajstić information content (AvgIpc) is 2.96. The van der Waals surface area contributed by atoms with Gasteiger partial charge in [0.25, 0.3) is 9.70 Å². The van der Waals surface area contributed by atoms with E-state index in [-0.39, 0.29) is 10.6 Å². The third kappa shape index (κ3) is 5.35. The number of hydrogen-bond donors (Lipinski definition) is 2. The number of carbonyl (C=O) groups excluding carboxylic acids is 3. The molecular weight excluding hydrogens is 423 g/mol. The molecule has 0 aliphatic rings. The first-order valence-corrected chi connectivity index (χ1v) is 9.15. The minimum absolute atomic E-state index is 0.206. The van der Waals surface area contributed by atoms with Crippen LogP contribution < -0.4 is 10.6 Å². The summed E-state index contributed by atoms with van der Waals surface area (Å²) in [6.07, 6.45) is 0.470. The van der Waals surface area contributed by atoms with E-state index in [1.807, 2.05) is 35.6 Å². The zero-order valence-electron chi connectivity index (χ0n) is 13.3. The predicted octanol–water partition coefficient (Wildman–Crippen LogP) is 4.14. The molecule has 2 rings (SSSR count). The highest BCUT2D eigenvalue weighted by Gasteiger charge is 2.32. The number of rotatable bonds is 4. The van der Waals surface area contributed by atoms with E-state index in [1.54, 1.807) is 5.38 Å². The molecule has 0 saturated heterocycles. The van der Waals surface area contributed by atoms with Gasteiger partial charge < -0.3 is 4.74 Å². The largest absolute Gasteiger partial charge is 0.465 e. The van der Waals surface area contributed by atoms with E-state index in [2.05, 4.69) is 5.32 Å². The minimum Gasteiger partial charge on any atom is -0.465 e. The fourth-order valence-electron chi connectivity index (χ4n) is 2.07. The lowest BCUT2D eigenvalue weighted by molar-refractivity contribution is -0.119. The van der Waals surface area contributed by atoms with Crippen LogP contribution in [0.25, 0.3) is 0 Å². The minimum atomic E-state index is -2.28. The van der Waals surface area contributed by atoms with E-state index in [0.29, 0.717) is 12.0 Å². The summed E-state index contributed by atoms with van der Waals surface area (Å²) >= 11 is 17.3. The Morgan fingerprint density at radius 3 is 2.38 bits per heavy atom. The number of methoxy groups -OCH3 is 1. The number of benzene rings is 1. The van der Waals surface area contributed by atoms with Crippen LogP contribution in [0.5, 0.6) is 0 Å². The molecule has 0 radical (unpaired) electrons. The number of esters is 1. The quantitative estimate of drug-likeness (QED) is 0.558. The van der Waals surface area contributed by atoms with Crippen molar-refractivity contribution < 1.29 is 19.1 Å². The standard InChI is InChI=1S/C16H13Cl3N2O4S/c1-25-13(22)11-10(7-9-5-3-2-4-6-9)8-26-12(11)20-15(24)21-14(23)16(17,18)19/h2-6,8H,7H2,1H3,(H2,20,21,23,24). The normalized spacial score (nSPS) is 10.9. The van der Waals surface area contributed by atoms with Crippen molar-refractivity contribution in [2.75, 3.05) is 12.4 Å². The molecular formula is C16H13Cl3N2O4S. The molecule has 2 N–H and O–H groups in total. The fraction of sp³-hybridized carbons (Fsp3) is 0.188. The van der Waals surface area contributed by atoms with Gasteiger partial charge in [-0.1, -0.05) is 65.1 Å². The maximum atomic E-state index is 12.2. The Balaban J connectivity index is 2.22. The Morgan fingerprint density at radius 2 is 1.81 bits per heavy atom. The number of halogens is 3. The Hall–Kier alpha value is -1.80. The Morgan fingerprint density at radius 1 is 1.15 bits per heavy atom. The molecule has 2 aromatic rings. The predicted molar refractivity (Wildman–Crippen MR) is 102 cm³/mol. The number of urea groups is 1. The molecule has 0 aliphatic carbocycles. The van der Waals surface area contributed by atoms with Gasteiger partial charge in [-0.2, -0.15) is 0 Å². The number of amides is 3. The summed E-state index contributed by atoms with van der Waals surface area (Å²) in [5, 5.41) is 6.23. The highest BCUT2D eigenvalue weighted by molar-refractivity contribution is 7.15. The van der Waals surface area contributed by atoms with E-state index in [0.717, 1.165) is 16.9 Å². The summed E-state index contributed by atoms with van der Waals surface area (Å²) < 4.78 is 2.52. The van der Waals surface area contributed by atoms with Crippen LogP contribution in [-0.2, 0) is 16.0 Å². The number of nitrogens with one attached hydrogen (secondary N) is 2. The Bertz CT molecular complexity index is 819. The zero-order valence-corrected chi connectivity index (χ0v) is 16.4. The number of hydrogen-bond acceptors (Lipinski definition) is 5. The summed E-state index contributed by atoms with van der Waals surface area (Å²) in [5.41, 5.74) is 1.87. The third-order valence-electron chi connectivity index (χ3n) is 3.21. The van der Waals surface area contributed by atoms with Crippen LogP contribution in [0.1, 0.15) is 21.5 Å². The van der Waals surface area contributed by atoms with Gasteiger partial charge in [-0.25, -0.2) is 9.59 Å². The van der Waals surface area contributed by atoms with Crippen LogP contribution in [0.2, 0.25) is 0 Å². The highest BCUT2D eigenvalue weighted by atomic mass is 35.6. The van der Waals surface area contributed by atoms with Gasteiger partial charge in [0.2, 0.25) is 0 Å². The second-order valence-corrected chi connectivity index (χ2v) is 8.19. The van der Waals surface area contributed by atoms with E-state index >= 15 is 0 Å². The zero-order chi connectivity index (χ0) is 19.3. The van der Waals surface area contributed by atoms with Crippen molar-refractivity contribution >= 4 is 69.0 Å². The van der Waals surface area contributed by atoms with Crippen LogP contribution in [0, 0.1) is 0 Å². The molecule has 0 aliphatic heterocycles. The van der Waals surface area contributed by atoms with Crippen molar-refractivity contribution in [3.8, 4) is 0 Å². The summed E-state index contributed by atoms with van der Waals surface area (Å²) in [7, 11) is 1.24. The number of imide groups is 1. The Kier molecular flexibility index (Phi) is 6.88. The first-order chi connectivity index (χ1) is 12.2. The van der Waals surface area contributed by atoms with Crippen molar-refractivity contribution in [3.63, 3.8) is 0 Å². The lowest BCUT2D eigenvalue weighted by atomic mass is 10.0. The summed E-state index contributed by atoms with van der Waals surface area (Å²) in [6, 6.07) is 8.55. The van der Waals surface area contributed by atoms with Crippen molar-refractivity contribution in [1.29, 1.82) is 0 Å². The van der Waals surface area contributed by atoms with Crippen LogP contribution in [0.3, 0.4) is 0 Å². The van der Waals surface area contributed by atoms with E-state index in [1.165, 1.54) is 7.11 Å². The van der Waals surface area contributed by atoms with Gasteiger partial charge in [0.05, 0.1) is 12.7 Å². The van der Waals surface area contributed by atoms with Gasteiger partial charge in [0, 0.05) is 0 Å². The number of alkyl halides is 3. The molecule has 3 amide bonds. The first kappa shape index (κ1) is 20.5. The molecule has 138 valence electrons. The SMILES string of the molecule is COC(=O)c1c(Cc2ccccc2)csc1NC(=O)NC(=O)C(Cl)(Cl)Cl. The van der Waals surface area contributed by atoms with Gasteiger partial charge in [0.15, 0.2) is 0 Å². The summed E-state index contributed by atoms with van der Waals surface area (Å²) in [4.78, 5) is 35.6. The number of ether oxygens (including phenoxy) is 1. The van der Waals surface area contributed by atoms with E-state index < -0.39 is 21.7 Å². The molecule has 26 heavy (non-hydrogen) atoms. The molecule has 0 fully saturated rings. The molecule has 6 nitrogen and oxygen atoms in total. The maximum absolute atomic E-state index is 12.2. The Labute approximate surface area is 168 Å². The van der Waals surface area contributed by atoms with Gasteiger partial charge in [-0.05, 0) is 22.9 Å². The van der Waals surface area contributed by atoms with Gasteiger partial charge in [0.1, 0.15) is 5.00 Å². The van der Waals surface area contributed by atoms with Crippen molar-refractivity contribution in [1.82, 2.24) is 5.32 Å². The molecule has 0 saturated carbocycles. The topological polar surface area (TPSA) is 84.5 Å². The van der Waals surface area contributed by atoms with Crippen LogP contribution >= 0.6 is 46.1 Å². The third-order valence-corrected chi connectivity index (χ3v) is 4.66. The van der Waals surface area contributed by atoms with Crippen molar-refractivity contribution in [3.05, 3.63) is 52.4 Å². The summed E-state index contributed by atoms with van der Waals surface area (Å²) in [5.74, 6) is -1.72. The molecule has 1 aromatic heterocycles. The van der Waals surface area contributed by atoms with Crippen LogP contribution in [-0.4, -0.2) is 28.8 Å². The van der Waals surface area contributed by atoms with Crippen LogP contribution in [0.4, 0.5) is 9.80 Å². The lowest BCUT2D eigenvalue weighted by Gasteiger charge is -2.11. The molecule has 1 aromatic carbocycles. The van der Waals surface area contributed by atoms with Gasteiger partial charge >= 0.3 is 12.0 Å². The smallest absolute Gasteiger partial charge is 0.341 e. The van der Waals surface area contributed by atoms with E-state index in [4.69, 9.17) is 39.5 Å². The molecule has 1 heterocycles. The molecule has 0 bridgehead atoms. The maximum Gasteiger partial charge on any atom is 0.341 e. The van der Waals surface area contributed by atoms with Gasteiger partial charge in [-0.15, -0.1) is 11.3 Å². The first-order valence-electron chi connectivity index (χ1n) is 7.14.